The van der Waals surface area contributed by atoms with Gasteiger partial charge in [-0.15, -0.1) is 0 Å². The van der Waals surface area contributed by atoms with Crippen LogP contribution in [0, 0.1) is 0 Å². The predicted octanol–water partition coefficient (Wildman–Crippen LogP) is 1.99. The van der Waals surface area contributed by atoms with Crippen LogP contribution in [0.15, 0.2) is 24.3 Å². The normalized spacial score (nSPS) is 15.5. The van der Waals surface area contributed by atoms with E-state index in [0.717, 1.165) is 11.3 Å². The highest BCUT2D eigenvalue weighted by Gasteiger charge is 2.29. The van der Waals surface area contributed by atoms with Crippen LogP contribution in [0.3, 0.4) is 0 Å². The SMILES string of the molecule is COc1ccc(CSN2C(=O)CCC2=O)cc1. The molecule has 1 fully saturated rings. The summed E-state index contributed by atoms with van der Waals surface area (Å²) >= 11 is 1.26. The first-order valence-corrected chi connectivity index (χ1v) is 6.26. The van der Waals surface area contributed by atoms with Crippen LogP contribution in [0.2, 0.25) is 0 Å². The van der Waals surface area contributed by atoms with Crippen LogP contribution in [0.1, 0.15) is 18.4 Å². The molecule has 17 heavy (non-hydrogen) atoms. The van der Waals surface area contributed by atoms with Crippen LogP contribution in [0.4, 0.5) is 0 Å². The molecular formula is C12H13NO3S. The zero-order valence-electron chi connectivity index (χ0n) is 9.51. The first kappa shape index (κ1) is 12.0. The number of nitrogens with zero attached hydrogens (tertiary/aromatic N) is 1. The molecule has 0 bridgehead atoms. The Balaban J connectivity index is 1.93. The van der Waals surface area contributed by atoms with Gasteiger partial charge < -0.3 is 4.74 Å². The number of hydrogen-bond donors (Lipinski definition) is 0. The largest absolute Gasteiger partial charge is 0.497 e. The Morgan fingerprint density at radius 1 is 1.18 bits per heavy atom. The van der Waals surface area contributed by atoms with E-state index in [1.165, 1.54) is 16.3 Å². The standard InChI is InChI=1S/C12H13NO3S/c1-16-10-4-2-9(3-5-10)8-17-13-11(14)6-7-12(13)15/h2-5H,6-8H2,1H3. The molecule has 1 heterocycles. The summed E-state index contributed by atoms with van der Waals surface area (Å²) in [6, 6.07) is 7.58. The highest BCUT2D eigenvalue weighted by molar-refractivity contribution is 7.97. The Morgan fingerprint density at radius 2 is 1.76 bits per heavy atom. The van der Waals surface area contributed by atoms with Gasteiger partial charge in [0.15, 0.2) is 0 Å². The van der Waals surface area contributed by atoms with Gasteiger partial charge in [-0.2, -0.15) is 0 Å². The van der Waals surface area contributed by atoms with Crippen LogP contribution in [0.25, 0.3) is 0 Å². The molecular weight excluding hydrogens is 238 g/mol. The topological polar surface area (TPSA) is 46.6 Å². The van der Waals surface area contributed by atoms with Crippen LogP contribution in [0.5, 0.6) is 5.75 Å². The third kappa shape index (κ3) is 2.79. The molecule has 0 aromatic heterocycles. The highest BCUT2D eigenvalue weighted by Crippen LogP contribution is 2.25. The monoisotopic (exact) mass is 251 g/mol. The van der Waals surface area contributed by atoms with Crippen molar-refractivity contribution >= 4 is 23.8 Å². The van der Waals surface area contributed by atoms with Gasteiger partial charge in [0.1, 0.15) is 5.75 Å². The van der Waals surface area contributed by atoms with Gasteiger partial charge in [0, 0.05) is 18.6 Å². The molecule has 1 aromatic carbocycles. The van der Waals surface area contributed by atoms with Crippen LogP contribution >= 0.6 is 11.9 Å². The molecule has 1 saturated heterocycles. The molecule has 90 valence electrons. The van der Waals surface area contributed by atoms with E-state index in [1.54, 1.807) is 7.11 Å². The van der Waals surface area contributed by atoms with E-state index in [1.807, 2.05) is 24.3 Å². The Morgan fingerprint density at radius 3 is 2.29 bits per heavy atom. The van der Waals surface area contributed by atoms with E-state index in [-0.39, 0.29) is 11.8 Å². The first-order chi connectivity index (χ1) is 8.20. The number of amides is 2. The second-order valence-corrected chi connectivity index (χ2v) is 4.62. The van der Waals surface area contributed by atoms with E-state index >= 15 is 0 Å². The van der Waals surface area contributed by atoms with Crippen LogP contribution in [-0.4, -0.2) is 23.2 Å². The van der Waals surface area contributed by atoms with Crippen molar-refractivity contribution in [1.29, 1.82) is 0 Å². The van der Waals surface area contributed by atoms with Gasteiger partial charge in [-0.3, -0.25) is 9.59 Å². The summed E-state index contributed by atoms with van der Waals surface area (Å²) in [6.07, 6.45) is 0.683. The van der Waals surface area contributed by atoms with Gasteiger partial charge in [0.05, 0.1) is 7.11 Å². The summed E-state index contributed by atoms with van der Waals surface area (Å²) in [4.78, 5) is 22.7. The van der Waals surface area contributed by atoms with Crippen LogP contribution in [-0.2, 0) is 15.3 Å². The molecule has 1 aliphatic rings. The summed E-state index contributed by atoms with van der Waals surface area (Å²) in [5, 5.41) is 0. The maximum absolute atomic E-state index is 11.4. The summed E-state index contributed by atoms with van der Waals surface area (Å²) in [7, 11) is 1.62. The average molecular weight is 251 g/mol. The predicted molar refractivity (Wildman–Crippen MR) is 65.4 cm³/mol. The fourth-order valence-corrected chi connectivity index (χ4v) is 2.50. The molecule has 0 saturated carbocycles. The maximum Gasteiger partial charge on any atom is 0.239 e. The van der Waals surface area contributed by atoms with Crippen molar-refractivity contribution in [3.05, 3.63) is 29.8 Å². The molecule has 4 nitrogen and oxygen atoms in total. The molecule has 0 spiro atoms. The fourth-order valence-electron chi connectivity index (χ4n) is 1.56. The third-order valence-electron chi connectivity index (χ3n) is 2.53. The number of carbonyl (C=O) groups is 2. The molecule has 2 rings (SSSR count). The van der Waals surface area contributed by atoms with Crippen molar-refractivity contribution in [3.63, 3.8) is 0 Å². The Hall–Kier alpha value is -1.49. The molecule has 0 radical (unpaired) electrons. The van der Waals surface area contributed by atoms with Gasteiger partial charge in [-0.1, -0.05) is 12.1 Å². The van der Waals surface area contributed by atoms with E-state index in [9.17, 15) is 9.59 Å². The van der Waals surface area contributed by atoms with Crippen molar-refractivity contribution in [1.82, 2.24) is 4.31 Å². The zero-order valence-corrected chi connectivity index (χ0v) is 10.3. The second kappa shape index (κ2) is 5.23. The van der Waals surface area contributed by atoms with Gasteiger partial charge in [-0.25, -0.2) is 4.31 Å². The van der Waals surface area contributed by atoms with Gasteiger partial charge in [-0.05, 0) is 29.6 Å². The average Bonchev–Trinajstić information content (AvgIpc) is 2.67. The Labute approximate surface area is 104 Å². The highest BCUT2D eigenvalue weighted by atomic mass is 32.2. The van der Waals surface area contributed by atoms with Crippen molar-refractivity contribution in [2.75, 3.05) is 7.11 Å². The Bertz CT molecular complexity index is 414. The fraction of sp³-hybridized carbons (Fsp3) is 0.333. The molecule has 0 N–H and O–H groups in total. The molecule has 1 aromatic rings. The summed E-state index contributed by atoms with van der Waals surface area (Å²) in [6.45, 7) is 0. The van der Waals surface area contributed by atoms with E-state index in [2.05, 4.69) is 0 Å². The van der Waals surface area contributed by atoms with Gasteiger partial charge >= 0.3 is 0 Å². The lowest BCUT2D eigenvalue weighted by Gasteiger charge is -2.11. The van der Waals surface area contributed by atoms with E-state index in [4.69, 9.17) is 4.74 Å². The number of rotatable bonds is 4. The number of benzene rings is 1. The molecule has 5 heteroatoms. The summed E-state index contributed by atoms with van der Waals surface area (Å²) in [5.41, 5.74) is 1.06. The quantitative estimate of drug-likeness (QED) is 0.606. The lowest BCUT2D eigenvalue weighted by molar-refractivity contribution is -0.131. The van der Waals surface area contributed by atoms with Crippen LogP contribution < -0.4 is 4.74 Å². The van der Waals surface area contributed by atoms with E-state index < -0.39 is 0 Å². The van der Waals surface area contributed by atoms with Crippen molar-refractivity contribution < 1.29 is 14.3 Å². The second-order valence-electron chi connectivity index (χ2n) is 3.70. The number of carbonyl (C=O) groups excluding carboxylic acids is 2. The minimum absolute atomic E-state index is 0.0893. The number of methoxy groups -OCH3 is 1. The summed E-state index contributed by atoms with van der Waals surface area (Å²) < 4.78 is 6.32. The van der Waals surface area contributed by atoms with Gasteiger partial charge in [0.2, 0.25) is 11.8 Å². The maximum atomic E-state index is 11.4. The zero-order chi connectivity index (χ0) is 12.3. The molecule has 1 aliphatic heterocycles. The summed E-state index contributed by atoms with van der Waals surface area (Å²) in [5.74, 6) is 1.23. The van der Waals surface area contributed by atoms with Crippen molar-refractivity contribution in [2.24, 2.45) is 0 Å². The van der Waals surface area contributed by atoms with Crippen molar-refractivity contribution in [2.45, 2.75) is 18.6 Å². The molecule has 0 aliphatic carbocycles. The van der Waals surface area contributed by atoms with Gasteiger partial charge in [0.25, 0.3) is 0 Å². The van der Waals surface area contributed by atoms with Crippen molar-refractivity contribution in [3.8, 4) is 5.75 Å². The lowest BCUT2D eigenvalue weighted by Crippen LogP contribution is -2.21. The molecule has 2 amide bonds. The molecule has 0 atom stereocenters. The number of ether oxygens (including phenoxy) is 1. The smallest absolute Gasteiger partial charge is 0.239 e. The lowest BCUT2D eigenvalue weighted by atomic mass is 10.2. The minimum atomic E-state index is -0.0893. The Kier molecular flexibility index (Phi) is 3.68. The minimum Gasteiger partial charge on any atom is -0.497 e. The third-order valence-corrected chi connectivity index (χ3v) is 3.65. The van der Waals surface area contributed by atoms with E-state index in [0.29, 0.717) is 18.6 Å². The molecule has 0 unspecified atom stereocenters. The number of hydrogen-bond acceptors (Lipinski definition) is 4. The number of imide groups is 1. The first-order valence-electron chi connectivity index (χ1n) is 5.32.